The maximum atomic E-state index is 11.5. The molecule has 32 heavy (non-hydrogen) atoms. The zero-order valence-electron chi connectivity index (χ0n) is 18.4. The molecular formula is C24H25Br2NO5. The van der Waals surface area contributed by atoms with Crippen LogP contribution in [0.5, 0.6) is 0 Å². The van der Waals surface area contributed by atoms with E-state index in [1.807, 2.05) is 24.3 Å². The van der Waals surface area contributed by atoms with Crippen LogP contribution in [0.4, 0.5) is 0 Å². The topological polar surface area (TPSA) is 97.7 Å². The number of carbonyl (C=O) groups is 4. The van der Waals surface area contributed by atoms with Crippen LogP contribution >= 0.6 is 31.9 Å². The van der Waals surface area contributed by atoms with Gasteiger partial charge in [0.05, 0.1) is 5.92 Å². The molecule has 0 amide bonds. The van der Waals surface area contributed by atoms with Crippen LogP contribution in [-0.4, -0.2) is 28.7 Å². The van der Waals surface area contributed by atoms with E-state index in [1.54, 1.807) is 24.3 Å². The largest absolute Gasteiger partial charge is 0.299 e. The van der Waals surface area contributed by atoms with Crippen molar-refractivity contribution in [2.45, 2.75) is 46.1 Å². The Kier molecular flexibility index (Phi) is 11.0. The van der Waals surface area contributed by atoms with Crippen molar-refractivity contribution in [1.82, 2.24) is 0 Å². The fourth-order valence-corrected chi connectivity index (χ4v) is 3.51. The van der Waals surface area contributed by atoms with Crippen molar-refractivity contribution in [3.05, 3.63) is 73.5 Å². The van der Waals surface area contributed by atoms with Gasteiger partial charge in [-0.2, -0.15) is 0 Å². The number of hydrogen-bond acceptors (Lipinski definition) is 6. The first-order valence-corrected chi connectivity index (χ1v) is 11.4. The Morgan fingerprint density at radius 1 is 0.750 bits per heavy atom. The summed E-state index contributed by atoms with van der Waals surface area (Å²) in [6, 6.07) is 14.7. The number of Topliss-reactive ketones (excluding diaryl/α,β-unsaturated/α-hetero) is 4. The Morgan fingerprint density at radius 2 is 1.12 bits per heavy atom. The van der Waals surface area contributed by atoms with Crippen LogP contribution in [0, 0.1) is 10.8 Å². The second-order valence-electron chi connectivity index (χ2n) is 7.47. The molecule has 0 bridgehead atoms. The van der Waals surface area contributed by atoms with E-state index in [0.717, 1.165) is 20.1 Å². The first kappa shape index (κ1) is 27.7. The molecule has 0 unspecified atom stereocenters. The normalized spacial score (nSPS) is 10.7. The predicted octanol–water partition coefficient (Wildman–Crippen LogP) is 5.46. The highest BCUT2D eigenvalue weighted by Gasteiger charge is 2.42. The summed E-state index contributed by atoms with van der Waals surface area (Å²) in [5.74, 6) is -1.67. The molecule has 2 aromatic carbocycles. The third kappa shape index (κ3) is 7.98. The quantitative estimate of drug-likeness (QED) is 0.296. The van der Waals surface area contributed by atoms with E-state index in [9.17, 15) is 24.1 Å². The molecule has 0 radical (unpaired) electrons. The molecule has 0 aliphatic rings. The van der Waals surface area contributed by atoms with E-state index in [2.05, 4.69) is 37.0 Å². The molecule has 0 saturated carbocycles. The highest BCUT2D eigenvalue weighted by molar-refractivity contribution is 9.10. The standard InChI is InChI=1S/C12H12BrNO3.C12H13BrO2/c1-8(15)12(14-17,9(2)16)7-10-3-5-11(13)6-4-10;1-8(14)12(9(2)15)7-10-3-5-11(13)6-4-10/h3-6H,7H2,1-2H3;3-6,12H,7H2,1-2H3. The average molecular weight is 567 g/mol. The maximum Gasteiger partial charge on any atom is 0.221 e. The van der Waals surface area contributed by atoms with Crippen LogP contribution in [0.15, 0.2) is 62.7 Å². The molecule has 2 aromatic rings. The van der Waals surface area contributed by atoms with Crippen LogP contribution < -0.4 is 0 Å². The van der Waals surface area contributed by atoms with Crippen LogP contribution in [0.25, 0.3) is 0 Å². The van der Waals surface area contributed by atoms with E-state index in [4.69, 9.17) is 0 Å². The van der Waals surface area contributed by atoms with Gasteiger partial charge in [0.15, 0.2) is 11.6 Å². The summed E-state index contributed by atoms with van der Waals surface area (Å²) >= 11 is 6.62. The van der Waals surface area contributed by atoms with Gasteiger partial charge in [0.2, 0.25) is 5.54 Å². The monoisotopic (exact) mass is 565 g/mol. The lowest BCUT2D eigenvalue weighted by molar-refractivity contribution is -0.133. The van der Waals surface area contributed by atoms with Crippen molar-refractivity contribution in [3.63, 3.8) is 0 Å². The summed E-state index contributed by atoms with van der Waals surface area (Å²) in [6.45, 7) is 5.35. The van der Waals surface area contributed by atoms with Gasteiger partial charge in [0.25, 0.3) is 0 Å². The lowest BCUT2D eigenvalue weighted by atomic mass is 9.85. The second kappa shape index (κ2) is 12.6. The number of halogens is 2. The number of carbonyl (C=O) groups excluding carboxylic acids is 4. The summed E-state index contributed by atoms with van der Waals surface area (Å²) in [4.78, 5) is 56.3. The first-order chi connectivity index (χ1) is 14.9. The summed E-state index contributed by atoms with van der Waals surface area (Å²) in [5, 5.41) is 2.78. The molecule has 0 saturated heterocycles. The Labute approximate surface area is 204 Å². The number of benzene rings is 2. The third-order valence-corrected chi connectivity index (χ3v) is 6.09. The van der Waals surface area contributed by atoms with Gasteiger partial charge in [-0.1, -0.05) is 56.1 Å². The first-order valence-electron chi connectivity index (χ1n) is 9.79. The Hall–Kier alpha value is -2.32. The fraction of sp³-hybridized carbons (Fsp3) is 0.333. The van der Waals surface area contributed by atoms with Crippen molar-refractivity contribution in [1.29, 1.82) is 0 Å². The fourth-order valence-electron chi connectivity index (χ4n) is 2.99. The number of hydrogen-bond donors (Lipinski definition) is 0. The van der Waals surface area contributed by atoms with Gasteiger partial charge < -0.3 is 0 Å². The van der Waals surface area contributed by atoms with E-state index in [-0.39, 0.29) is 18.0 Å². The molecule has 0 aliphatic carbocycles. The van der Waals surface area contributed by atoms with Gasteiger partial charge >= 0.3 is 0 Å². The molecule has 0 N–H and O–H groups in total. The molecule has 0 heterocycles. The van der Waals surface area contributed by atoms with E-state index >= 15 is 0 Å². The minimum Gasteiger partial charge on any atom is -0.299 e. The molecule has 170 valence electrons. The summed E-state index contributed by atoms with van der Waals surface area (Å²) in [7, 11) is 0. The number of ketones is 4. The van der Waals surface area contributed by atoms with Crippen LogP contribution in [0.1, 0.15) is 38.8 Å². The SMILES string of the molecule is CC(=O)C(Cc1ccc(Br)cc1)(N=O)C(C)=O.CC(=O)C(Cc1ccc(Br)cc1)C(C)=O. The molecule has 0 spiro atoms. The summed E-state index contributed by atoms with van der Waals surface area (Å²) in [5.41, 5.74) is -0.0554. The predicted molar refractivity (Wildman–Crippen MR) is 130 cm³/mol. The van der Waals surface area contributed by atoms with Gasteiger partial charge in [0.1, 0.15) is 11.6 Å². The second-order valence-corrected chi connectivity index (χ2v) is 9.30. The van der Waals surface area contributed by atoms with Crippen molar-refractivity contribution < 1.29 is 19.2 Å². The highest BCUT2D eigenvalue weighted by Crippen LogP contribution is 2.22. The number of rotatable bonds is 9. The minimum absolute atomic E-state index is 0.00838. The van der Waals surface area contributed by atoms with Gasteiger partial charge in [-0.25, -0.2) is 0 Å². The minimum atomic E-state index is -1.78. The molecule has 0 atom stereocenters. The van der Waals surface area contributed by atoms with E-state index < -0.39 is 23.0 Å². The summed E-state index contributed by atoms with van der Waals surface area (Å²) < 4.78 is 1.88. The number of nitrogens with zero attached hydrogens (tertiary/aromatic N) is 1. The molecule has 6 nitrogen and oxygen atoms in total. The van der Waals surface area contributed by atoms with Crippen molar-refractivity contribution in [2.75, 3.05) is 0 Å². The van der Waals surface area contributed by atoms with Gasteiger partial charge in [-0.3, -0.25) is 19.2 Å². The van der Waals surface area contributed by atoms with Crippen LogP contribution in [-0.2, 0) is 32.0 Å². The van der Waals surface area contributed by atoms with Crippen LogP contribution in [0.3, 0.4) is 0 Å². The van der Waals surface area contributed by atoms with Gasteiger partial charge in [-0.15, -0.1) is 4.91 Å². The smallest absolute Gasteiger partial charge is 0.221 e. The molecule has 2 rings (SSSR count). The van der Waals surface area contributed by atoms with Crippen molar-refractivity contribution in [2.24, 2.45) is 11.1 Å². The molecule has 0 fully saturated rings. The van der Waals surface area contributed by atoms with E-state index in [1.165, 1.54) is 27.7 Å². The lowest BCUT2D eigenvalue weighted by Gasteiger charge is -2.20. The van der Waals surface area contributed by atoms with Crippen LogP contribution in [0.2, 0.25) is 0 Å². The molecule has 8 heteroatoms. The van der Waals surface area contributed by atoms with Crippen molar-refractivity contribution >= 4 is 55.0 Å². The zero-order valence-corrected chi connectivity index (χ0v) is 21.5. The van der Waals surface area contributed by atoms with Crippen molar-refractivity contribution in [3.8, 4) is 0 Å². The Bertz CT molecular complexity index is 956. The molecular weight excluding hydrogens is 542 g/mol. The average Bonchev–Trinajstić information content (AvgIpc) is 2.72. The Balaban J connectivity index is 0.000000323. The number of nitroso groups, excluding NO2 is 1. The highest BCUT2D eigenvalue weighted by atomic mass is 79.9. The molecule has 0 aliphatic heterocycles. The van der Waals surface area contributed by atoms with Gasteiger partial charge in [-0.05, 0) is 74.7 Å². The lowest BCUT2D eigenvalue weighted by Crippen LogP contribution is -2.44. The molecule has 0 aromatic heterocycles. The third-order valence-electron chi connectivity index (χ3n) is 5.03. The Morgan fingerprint density at radius 3 is 1.44 bits per heavy atom. The summed E-state index contributed by atoms with van der Waals surface area (Å²) in [6.07, 6.45) is 0.506. The van der Waals surface area contributed by atoms with E-state index in [0.29, 0.717) is 6.42 Å². The zero-order chi connectivity index (χ0) is 24.5. The maximum absolute atomic E-state index is 11.5. The van der Waals surface area contributed by atoms with Gasteiger partial charge in [0, 0.05) is 15.4 Å².